The van der Waals surface area contributed by atoms with E-state index in [1.807, 2.05) is 0 Å². The Hall–Kier alpha value is -1.64. The molecule has 0 saturated carbocycles. The molecule has 0 aromatic heterocycles. The Bertz CT molecular complexity index is 524. The Kier molecular flexibility index (Phi) is 4.14. The molecule has 0 spiro atoms. The normalized spacial score (nSPS) is 23.6. The molecule has 2 N–H and O–H groups in total. The van der Waals surface area contributed by atoms with E-state index in [0.29, 0.717) is 5.92 Å². The van der Waals surface area contributed by atoms with Gasteiger partial charge in [-0.1, -0.05) is 60.7 Å². The summed E-state index contributed by atoms with van der Waals surface area (Å²) in [5.74, 6) is 0.503. The lowest BCUT2D eigenvalue weighted by molar-refractivity contribution is 0.183. The number of hydrogen-bond acceptors (Lipinski definition) is 2. The van der Waals surface area contributed by atoms with Crippen molar-refractivity contribution in [2.24, 2.45) is 5.73 Å². The van der Waals surface area contributed by atoms with Crippen LogP contribution in [-0.4, -0.2) is 24.0 Å². The van der Waals surface area contributed by atoms with Crippen molar-refractivity contribution in [2.45, 2.75) is 24.9 Å². The van der Waals surface area contributed by atoms with Crippen molar-refractivity contribution >= 4 is 0 Å². The third-order valence-corrected chi connectivity index (χ3v) is 4.22. The van der Waals surface area contributed by atoms with Crippen LogP contribution in [-0.2, 0) is 6.54 Å². The van der Waals surface area contributed by atoms with Crippen molar-refractivity contribution in [3.05, 3.63) is 71.8 Å². The summed E-state index contributed by atoms with van der Waals surface area (Å²) in [5, 5.41) is 0. The van der Waals surface area contributed by atoms with Crippen molar-refractivity contribution in [3.8, 4) is 0 Å². The maximum Gasteiger partial charge on any atom is 0.0238 e. The average molecular weight is 266 g/mol. The molecule has 104 valence electrons. The van der Waals surface area contributed by atoms with E-state index in [4.69, 9.17) is 5.73 Å². The SMILES string of the molecule is NC1CN(Cc2ccccc2)CC[C@@H]1c1ccccc1. The lowest BCUT2D eigenvalue weighted by Gasteiger charge is -2.37. The molecule has 1 unspecified atom stereocenters. The van der Waals surface area contributed by atoms with Gasteiger partial charge in [0.2, 0.25) is 0 Å². The molecule has 2 aromatic carbocycles. The highest BCUT2D eigenvalue weighted by Crippen LogP contribution is 2.27. The largest absolute Gasteiger partial charge is 0.326 e. The minimum absolute atomic E-state index is 0.231. The number of piperidine rings is 1. The number of nitrogens with zero attached hydrogens (tertiary/aromatic N) is 1. The molecule has 1 heterocycles. The Morgan fingerprint density at radius 1 is 0.950 bits per heavy atom. The van der Waals surface area contributed by atoms with Crippen LogP contribution in [0.4, 0.5) is 0 Å². The third-order valence-electron chi connectivity index (χ3n) is 4.22. The number of benzene rings is 2. The average Bonchev–Trinajstić information content (AvgIpc) is 2.49. The molecule has 2 atom stereocenters. The molecule has 1 fully saturated rings. The van der Waals surface area contributed by atoms with Crippen molar-refractivity contribution in [1.82, 2.24) is 4.90 Å². The lowest BCUT2D eigenvalue weighted by atomic mass is 9.86. The molecule has 1 saturated heterocycles. The quantitative estimate of drug-likeness (QED) is 0.925. The van der Waals surface area contributed by atoms with E-state index in [0.717, 1.165) is 26.1 Å². The number of hydrogen-bond donors (Lipinski definition) is 1. The molecule has 1 aliphatic rings. The number of nitrogens with two attached hydrogens (primary N) is 1. The highest BCUT2D eigenvalue weighted by molar-refractivity contribution is 5.22. The van der Waals surface area contributed by atoms with Gasteiger partial charge in [-0.25, -0.2) is 0 Å². The highest BCUT2D eigenvalue weighted by Gasteiger charge is 2.27. The Labute approximate surface area is 121 Å². The standard InChI is InChI=1S/C18H22N2/c19-18-14-20(13-15-7-3-1-4-8-15)12-11-17(18)16-9-5-2-6-10-16/h1-10,17-18H,11-14,19H2/t17-,18?/m1/s1. The second kappa shape index (κ2) is 6.21. The van der Waals surface area contributed by atoms with Crippen molar-refractivity contribution in [1.29, 1.82) is 0 Å². The predicted molar refractivity (Wildman–Crippen MR) is 83.5 cm³/mol. The van der Waals surface area contributed by atoms with Gasteiger partial charge in [-0.15, -0.1) is 0 Å². The molecule has 1 aliphatic heterocycles. The van der Waals surface area contributed by atoms with Crippen LogP contribution in [0.15, 0.2) is 60.7 Å². The smallest absolute Gasteiger partial charge is 0.0238 e. The molecule has 2 aromatic rings. The van der Waals surface area contributed by atoms with Gasteiger partial charge in [-0.05, 0) is 24.1 Å². The molecule has 0 bridgehead atoms. The summed E-state index contributed by atoms with van der Waals surface area (Å²) in [6, 6.07) is 21.6. The molecule has 20 heavy (non-hydrogen) atoms. The van der Waals surface area contributed by atoms with E-state index in [-0.39, 0.29) is 6.04 Å². The monoisotopic (exact) mass is 266 g/mol. The van der Waals surface area contributed by atoms with Gasteiger partial charge in [-0.3, -0.25) is 4.90 Å². The fraction of sp³-hybridized carbons (Fsp3) is 0.333. The van der Waals surface area contributed by atoms with Crippen LogP contribution < -0.4 is 5.73 Å². The number of rotatable bonds is 3. The van der Waals surface area contributed by atoms with Gasteiger partial charge < -0.3 is 5.73 Å². The Morgan fingerprint density at radius 2 is 1.60 bits per heavy atom. The number of likely N-dealkylation sites (tertiary alicyclic amines) is 1. The fourth-order valence-electron chi connectivity index (χ4n) is 3.15. The second-order valence-corrected chi connectivity index (χ2v) is 5.69. The maximum atomic E-state index is 6.41. The summed E-state index contributed by atoms with van der Waals surface area (Å²) in [6.07, 6.45) is 1.15. The second-order valence-electron chi connectivity index (χ2n) is 5.69. The first-order valence-corrected chi connectivity index (χ1v) is 7.40. The minimum atomic E-state index is 0.231. The van der Waals surface area contributed by atoms with Crippen LogP contribution in [0, 0.1) is 0 Å². The third kappa shape index (κ3) is 3.09. The first-order chi connectivity index (χ1) is 9.83. The van der Waals surface area contributed by atoms with E-state index >= 15 is 0 Å². The first-order valence-electron chi connectivity index (χ1n) is 7.40. The fourth-order valence-corrected chi connectivity index (χ4v) is 3.15. The molecule has 2 heteroatoms. The molecule has 0 radical (unpaired) electrons. The minimum Gasteiger partial charge on any atom is -0.326 e. The van der Waals surface area contributed by atoms with Crippen LogP contribution in [0.25, 0.3) is 0 Å². The van der Waals surface area contributed by atoms with Gasteiger partial charge in [-0.2, -0.15) is 0 Å². The molecule has 0 aliphatic carbocycles. The van der Waals surface area contributed by atoms with Crippen molar-refractivity contribution in [3.63, 3.8) is 0 Å². The van der Waals surface area contributed by atoms with Crippen molar-refractivity contribution < 1.29 is 0 Å². The van der Waals surface area contributed by atoms with Crippen LogP contribution in [0.2, 0.25) is 0 Å². The summed E-state index contributed by atoms with van der Waals surface area (Å²) in [4.78, 5) is 2.47. The van der Waals surface area contributed by atoms with Gasteiger partial charge in [0.15, 0.2) is 0 Å². The zero-order valence-electron chi connectivity index (χ0n) is 11.8. The summed E-state index contributed by atoms with van der Waals surface area (Å²) in [5.41, 5.74) is 9.17. The van der Waals surface area contributed by atoms with Gasteiger partial charge in [0.05, 0.1) is 0 Å². The van der Waals surface area contributed by atoms with Crippen LogP contribution >= 0.6 is 0 Å². The summed E-state index contributed by atoms with van der Waals surface area (Å²) < 4.78 is 0. The van der Waals surface area contributed by atoms with E-state index in [2.05, 4.69) is 65.6 Å². The molecule has 2 nitrogen and oxygen atoms in total. The zero-order chi connectivity index (χ0) is 13.8. The predicted octanol–water partition coefficient (Wildman–Crippen LogP) is 3.00. The van der Waals surface area contributed by atoms with Crippen LogP contribution in [0.5, 0.6) is 0 Å². The summed E-state index contributed by atoms with van der Waals surface area (Å²) >= 11 is 0. The van der Waals surface area contributed by atoms with Gasteiger partial charge in [0, 0.05) is 25.0 Å². The summed E-state index contributed by atoms with van der Waals surface area (Å²) in [6.45, 7) is 3.12. The van der Waals surface area contributed by atoms with E-state index in [1.54, 1.807) is 0 Å². The molecular formula is C18H22N2. The van der Waals surface area contributed by atoms with Gasteiger partial charge in [0.25, 0.3) is 0 Å². The maximum absolute atomic E-state index is 6.41. The van der Waals surface area contributed by atoms with Crippen LogP contribution in [0.1, 0.15) is 23.5 Å². The Morgan fingerprint density at radius 3 is 2.25 bits per heavy atom. The summed E-state index contributed by atoms with van der Waals surface area (Å²) in [7, 11) is 0. The van der Waals surface area contributed by atoms with Crippen molar-refractivity contribution in [2.75, 3.05) is 13.1 Å². The van der Waals surface area contributed by atoms with Crippen LogP contribution in [0.3, 0.4) is 0 Å². The van der Waals surface area contributed by atoms with Gasteiger partial charge in [0.1, 0.15) is 0 Å². The van der Waals surface area contributed by atoms with E-state index < -0.39 is 0 Å². The first kappa shape index (κ1) is 13.3. The molecular weight excluding hydrogens is 244 g/mol. The zero-order valence-corrected chi connectivity index (χ0v) is 11.8. The van der Waals surface area contributed by atoms with E-state index in [1.165, 1.54) is 11.1 Å². The molecule has 3 rings (SSSR count). The highest BCUT2D eigenvalue weighted by atomic mass is 15.1. The van der Waals surface area contributed by atoms with Gasteiger partial charge >= 0.3 is 0 Å². The Balaban J connectivity index is 1.62. The topological polar surface area (TPSA) is 29.3 Å². The lowest BCUT2D eigenvalue weighted by Crippen LogP contribution is -2.46. The molecule has 0 amide bonds. The van der Waals surface area contributed by atoms with E-state index in [9.17, 15) is 0 Å².